The lowest BCUT2D eigenvalue weighted by Gasteiger charge is -2.48. The van der Waals surface area contributed by atoms with Crippen LogP contribution in [-0.2, 0) is 4.74 Å². The van der Waals surface area contributed by atoms with Gasteiger partial charge in [-0.15, -0.1) is 0 Å². The van der Waals surface area contributed by atoms with Crippen molar-refractivity contribution in [3.05, 3.63) is 23.5 Å². The summed E-state index contributed by atoms with van der Waals surface area (Å²) in [7, 11) is 0. The van der Waals surface area contributed by atoms with E-state index < -0.39 is 0 Å². The van der Waals surface area contributed by atoms with Crippen LogP contribution in [0.25, 0.3) is 0 Å². The maximum Gasteiger partial charge on any atom is 0.128 e. The summed E-state index contributed by atoms with van der Waals surface area (Å²) < 4.78 is 19.6. The first-order chi connectivity index (χ1) is 12.9. The number of hydrogen-bond acceptors (Lipinski definition) is 4. The van der Waals surface area contributed by atoms with Crippen molar-refractivity contribution in [3.63, 3.8) is 0 Å². The Bertz CT molecular complexity index is 620. The summed E-state index contributed by atoms with van der Waals surface area (Å²) in [4.78, 5) is 2.68. The number of nitrogen functional groups attached to an aromatic ring is 1. The average Bonchev–Trinajstić information content (AvgIpc) is 2.66. The molecule has 1 aliphatic heterocycles. The fourth-order valence-electron chi connectivity index (χ4n) is 4.59. The molecule has 152 valence electrons. The van der Waals surface area contributed by atoms with Gasteiger partial charge in [0.05, 0.1) is 17.5 Å². The molecule has 1 saturated heterocycles. The first-order valence-corrected chi connectivity index (χ1v) is 10.6. The van der Waals surface area contributed by atoms with Crippen LogP contribution in [0.15, 0.2) is 12.1 Å². The zero-order chi connectivity index (χ0) is 19.4. The van der Waals surface area contributed by atoms with Gasteiger partial charge in [-0.3, -0.25) is 4.90 Å². The second kappa shape index (κ2) is 8.78. The van der Waals surface area contributed by atoms with Gasteiger partial charge in [-0.1, -0.05) is 6.92 Å². The van der Waals surface area contributed by atoms with E-state index in [-0.39, 0.29) is 5.82 Å². The summed E-state index contributed by atoms with van der Waals surface area (Å²) in [6.45, 7) is 9.49. The van der Waals surface area contributed by atoms with Crippen molar-refractivity contribution in [1.29, 1.82) is 0 Å². The summed E-state index contributed by atoms with van der Waals surface area (Å²) in [5.41, 5.74) is 8.31. The van der Waals surface area contributed by atoms with Crippen LogP contribution in [0.1, 0.15) is 64.4 Å². The molecular formula is C22H36FN3O. The molecule has 0 atom stereocenters. The first-order valence-electron chi connectivity index (χ1n) is 10.6. The predicted octanol–water partition coefficient (Wildman–Crippen LogP) is 4.72. The maximum absolute atomic E-state index is 13.6. The summed E-state index contributed by atoms with van der Waals surface area (Å²) in [5.74, 6) is -0.237. The van der Waals surface area contributed by atoms with Crippen LogP contribution in [0.2, 0.25) is 0 Å². The Kier molecular flexibility index (Phi) is 6.64. The van der Waals surface area contributed by atoms with E-state index in [1.807, 2.05) is 6.07 Å². The van der Waals surface area contributed by atoms with Crippen LogP contribution in [-0.4, -0.2) is 42.3 Å². The van der Waals surface area contributed by atoms with E-state index in [2.05, 4.69) is 24.1 Å². The smallest absolute Gasteiger partial charge is 0.128 e. The molecule has 1 aromatic rings. The minimum atomic E-state index is -0.237. The van der Waals surface area contributed by atoms with Crippen molar-refractivity contribution in [2.75, 3.05) is 30.7 Å². The van der Waals surface area contributed by atoms with Crippen molar-refractivity contribution < 1.29 is 9.13 Å². The Labute approximate surface area is 163 Å². The minimum Gasteiger partial charge on any atom is -0.397 e. The van der Waals surface area contributed by atoms with Crippen LogP contribution >= 0.6 is 0 Å². The van der Waals surface area contributed by atoms with Crippen molar-refractivity contribution in [2.45, 2.75) is 83.4 Å². The molecule has 4 nitrogen and oxygen atoms in total. The lowest BCUT2D eigenvalue weighted by Crippen LogP contribution is -2.53. The number of halogens is 1. The molecule has 2 fully saturated rings. The van der Waals surface area contributed by atoms with Gasteiger partial charge >= 0.3 is 0 Å². The van der Waals surface area contributed by atoms with E-state index in [0.717, 1.165) is 44.6 Å². The lowest BCUT2D eigenvalue weighted by molar-refractivity contribution is -0.0277. The van der Waals surface area contributed by atoms with E-state index in [4.69, 9.17) is 10.5 Å². The maximum atomic E-state index is 13.6. The summed E-state index contributed by atoms with van der Waals surface area (Å²) in [5, 5.41) is 3.55. The van der Waals surface area contributed by atoms with E-state index in [1.54, 1.807) is 6.92 Å². The van der Waals surface area contributed by atoms with E-state index in [1.165, 1.54) is 31.7 Å². The molecule has 27 heavy (non-hydrogen) atoms. The van der Waals surface area contributed by atoms with Gasteiger partial charge in [0.15, 0.2) is 0 Å². The number of likely N-dealkylation sites (tertiary alicyclic amines) is 1. The van der Waals surface area contributed by atoms with Gasteiger partial charge in [0, 0.05) is 31.3 Å². The predicted molar refractivity (Wildman–Crippen MR) is 111 cm³/mol. The van der Waals surface area contributed by atoms with Gasteiger partial charge in [-0.05, 0) is 76.5 Å². The van der Waals surface area contributed by atoms with Crippen LogP contribution in [0, 0.1) is 12.7 Å². The van der Waals surface area contributed by atoms with Crippen LogP contribution < -0.4 is 11.1 Å². The zero-order valence-corrected chi connectivity index (χ0v) is 17.2. The average molecular weight is 378 g/mol. The lowest BCUT2D eigenvalue weighted by atomic mass is 9.79. The Morgan fingerprint density at radius 3 is 2.52 bits per heavy atom. The fourth-order valence-corrected chi connectivity index (χ4v) is 4.59. The van der Waals surface area contributed by atoms with Gasteiger partial charge in [-0.25, -0.2) is 4.39 Å². The van der Waals surface area contributed by atoms with Gasteiger partial charge in [0.25, 0.3) is 0 Å². The second-order valence-electron chi connectivity index (χ2n) is 8.66. The van der Waals surface area contributed by atoms with Crippen LogP contribution in [0.5, 0.6) is 0 Å². The molecule has 1 heterocycles. The summed E-state index contributed by atoms with van der Waals surface area (Å²) >= 11 is 0. The van der Waals surface area contributed by atoms with Gasteiger partial charge in [0.2, 0.25) is 0 Å². The third kappa shape index (κ3) is 4.94. The monoisotopic (exact) mass is 377 g/mol. The number of nitrogens with zero attached hydrogens (tertiary/aromatic N) is 1. The van der Waals surface area contributed by atoms with Crippen molar-refractivity contribution in [3.8, 4) is 0 Å². The molecule has 3 rings (SSSR count). The molecule has 0 unspecified atom stereocenters. The highest BCUT2D eigenvalue weighted by atomic mass is 19.1. The SMILES string of the molecule is CCCOC1CCC(C)(N2CCC(Nc3cc(C)c(F)cc3N)CC2)CC1. The third-order valence-corrected chi connectivity index (χ3v) is 6.52. The van der Waals surface area contributed by atoms with Crippen LogP contribution in [0.3, 0.4) is 0 Å². The number of piperidine rings is 1. The molecule has 0 spiro atoms. The molecule has 0 aromatic heterocycles. The normalized spacial score (nSPS) is 27.6. The Morgan fingerprint density at radius 2 is 1.89 bits per heavy atom. The molecule has 1 aromatic carbocycles. The Morgan fingerprint density at radius 1 is 1.22 bits per heavy atom. The zero-order valence-electron chi connectivity index (χ0n) is 17.2. The first kappa shape index (κ1) is 20.4. The van der Waals surface area contributed by atoms with Gasteiger partial charge < -0.3 is 15.8 Å². The molecule has 3 N–H and O–H groups in total. The Balaban J connectivity index is 1.50. The number of ether oxygens (including phenoxy) is 1. The summed E-state index contributed by atoms with van der Waals surface area (Å²) in [6.07, 6.45) is 8.57. The molecule has 0 radical (unpaired) electrons. The van der Waals surface area contributed by atoms with Crippen molar-refractivity contribution in [1.82, 2.24) is 4.90 Å². The molecule has 1 saturated carbocycles. The van der Waals surface area contributed by atoms with Crippen LogP contribution in [0.4, 0.5) is 15.8 Å². The quantitative estimate of drug-likeness (QED) is 0.704. The number of hydrogen-bond donors (Lipinski definition) is 2. The third-order valence-electron chi connectivity index (χ3n) is 6.52. The highest BCUT2D eigenvalue weighted by Crippen LogP contribution is 2.36. The fraction of sp³-hybridized carbons (Fsp3) is 0.727. The van der Waals surface area contributed by atoms with Gasteiger partial charge in [-0.2, -0.15) is 0 Å². The highest BCUT2D eigenvalue weighted by molar-refractivity contribution is 5.67. The number of aryl methyl sites for hydroxylation is 1. The van der Waals surface area contributed by atoms with E-state index in [9.17, 15) is 4.39 Å². The number of nitrogens with two attached hydrogens (primary N) is 1. The van der Waals surface area contributed by atoms with Crippen molar-refractivity contribution in [2.24, 2.45) is 0 Å². The largest absolute Gasteiger partial charge is 0.397 e. The number of benzene rings is 1. The number of rotatable bonds is 6. The number of nitrogens with one attached hydrogen (secondary N) is 1. The molecule has 0 bridgehead atoms. The standard InChI is InChI=1S/C22H36FN3O/c1-4-13-27-18-5-9-22(3,10-6-18)26-11-7-17(8-12-26)25-21-14-16(2)19(23)15-20(21)24/h14-15,17-18,25H,4-13,24H2,1-3H3. The Hall–Kier alpha value is -1.33. The number of anilines is 2. The molecule has 0 amide bonds. The molecule has 5 heteroatoms. The van der Waals surface area contributed by atoms with E-state index in [0.29, 0.717) is 28.9 Å². The van der Waals surface area contributed by atoms with E-state index >= 15 is 0 Å². The molecular weight excluding hydrogens is 341 g/mol. The minimum absolute atomic E-state index is 0.237. The molecule has 2 aliphatic rings. The highest BCUT2D eigenvalue weighted by Gasteiger charge is 2.38. The van der Waals surface area contributed by atoms with Gasteiger partial charge in [0.1, 0.15) is 5.82 Å². The molecule has 1 aliphatic carbocycles. The van der Waals surface area contributed by atoms with Crippen molar-refractivity contribution >= 4 is 11.4 Å². The second-order valence-corrected chi connectivity index (χ2v) is 8.66. The summed E-state index contributed by atoms with van der Waals surface area (Å²) in [6, 6.07) is 3.66. The topological polar surface area (TPSA) is 50.5 Å².